The van der Waals surface area contributed by atoms with Crippen LogP contribution in [0.4, 0.5) is 8.78 Å². The molecule has 72 valence electrons. The Kier molecular flexibility index (Phi) is 3.27. The summed E-state index contributed by atoms with van der Waals surface area (Å²) in [5.41, 5.74) is 4.70. The predicted octanol–water partition coefficient (Wildman–Crippen LogP) is 3.15. The Labute approximate surface area is 88.0 Å². The van der Waals surface area contributed by atoms with E-state index < -0.39 is 12.5 Å². The first-order valence-corrected chi connectivity index (χ1v) is 4.68. The topological polar surface area (TPSA) is 26.0 Å². The van der Waals surface area contributed by atoms with E-state index in [1.807, 2.05) is 0 Å². The van der Waals surface area contributed by atoms with E-state index >= 15 is 0 Å². The van der Waals surface area contributed by atoms with Gasteiger partial charge in [0.25, 0.3) is 5.92 Å². The third-order valence-electron chi connectivity index (χ3n) is 1.58. The van der Waals surface area contributed by atoms with Crippen LogP contribution in [0.1, 0.15) is 5.56 Å². The minimum absolute atomic E-state index is 0.0184. The van der Waals surface area contributed by atoms with Crippen LogP contribution < -0.4 is 5.73 Å². The van der Waals surface area contributed by atoms with Gasteiger partial charge in [0.2, 0.25) is 0 Å². The van der Waals surface area contributed by atoms with Crippen molar-refractivity contribution in [2.24, 2.45) is 5.73 Å². The molecule has 1 aromatic rings. The van der Waals surface area contributed by atoms with Gasteiger partial charge in [-0.25, -0.2) is 0 Å². The quantitative estimate of drug-likeness (QED) is 0.878. The van der Waals surface area contributed by atoms with Gasteiger partial charge in [0.15, 0.2) is 0 Å². The molecule has 1 nitrogen and oxygen atoms in total. The minimum Gasteiger partial charge on any atom is -0.325 e. The fraction of sp³-hybridized carbons (Fsp3) is 0.250. The molecule has 0 amide bonds. The largest absolute Gasteiger partial charge is 0.325 e. The molecular formula is C8H7BrClF2N. The van der Waals surface area contributed by atoms with E-state index in [2.05, 4.69) is 15.9 Å². The second-order valence-electron chi connectivity index (χ2n) is 2.51. The van der Waals surface area contributed by atoms with Gasteiger partial charge in [-0.05, 0) is 12.1 Å². The van der Waals surface area contributed by atoms with Gasteiger partial charge in [-0.3, -0.25) is 0 Å². The Balaban J connectivity index is 3.28. The lowest BCUT2D eigenvalue weighted by Gasteiger charge is -2.17. The molecule has 0 aliphatic heterocycles. The normalized spacial score (nSPS) is 11.8. The fourth-order valence-electron chi connectivity index (χ4n) is 0.949. The van der Waals surface area contributed by atoms with Crippen LogP contribution >= 0.6 is 27.5 Å². The van der Waals surface area contributed by atoms with Crippen molar-refractivity contribution >= 4 is 27.5 Å². The van der Waals surface area contributed by atoms with Crippen molar-refractivity contribution in [2.45, 2.75) is 5.92 Å². The number of hydrogen-bond acceptors (Lipinski definition) is 1. The Hall–Kier alpha value is -0.190. The van der Waals surface area contributed by atoms with Crippen LogP contribution in [0, 0.1) is 0 Å². The van der Waals surface area contributed by atoms with Crippen LogP contribution in [0.25, 0.3) is 0 Å². The molecule has 0 spiro atoms. The molecule has 0 aromatic heterocycles. The molecule has 0 fully saturated rings. The Morgan fingerprint density at radius 1 is 1.46 bits per heavy atom. The van der Waals surface area contributed by atoms with E-state index in [-0.39, 0.29) is 15.1 Å². The third-order valence-corrected chi connectivity index (χ3v) is 2.56. The van der Waals surface area contributed by atoms with E-state index in [1.165, 1.54) is 12.1 Å². The third kappa shape index (κ3) is 2.18. The first-order chi connectivity index (χ1) is 5.99. The zero-order valence-electron chi connectivity index (χ0n) is 6.53. The van der Waals surface area contributed by atoms with Crippen LogP contribution in [0.5, 0.6) is 0 Å². The molecule has 1 rings (SSSR count). The Morgan fingerprint density at radius 2 is 2.08 bits per heavy atom. The number of nitrogens with two attached hydrogens (primary N) is 1. The summed E-state index contributed by atoms with van der Waals surface area (Å²) in [5.74, 6) is -3.09. The Bertz CT molecular complexity index is 297. The number of rotatable bonds is 2. The van der Waals surface area contributed by atoms with Crippen molar-refractivity contribution in [1.29, 1.82) is 0 Å². The maximum atomic E-state index is 13.2. The van der Waals surface area contributed by atoms with Gasteiger partial charge in [0.1, 0.15) is 0 Å². The van der Waals surface area contributed by atoms with Crippen LogP contribution in [0.2, 0.25) is 5.02 Å². The van der Waals surface area contributed by atoms with Gasteiger partial charge >= 0.3 is 0 Å². The highest BCUT2D eigenvalue weighted by Gasteiger charge is 2.33. The molecule has 0 aliphatic rings. The van der Waals surface area contributed by atoms with Gasteiger partial charge in [0.05, 0.1) is 17.1 Å². The maximum absolute atomic E-state index is 13.2. The molecule has 0 saturated heterocycles. The lowest BCUT2D eigenvalue weighted by Crippen LogP contribution is -2.25. The SMILES string of the molecule is NCC(F)(F)c1c(Cl)cccc1Br. The van der Waals surface area contributed by atoms with E-state index in [4.69, 9.17) is 17.3 Å². The molecule has 13 heavy (non-hydrogen) atoms. The van der Waals surface area contributed by atoms with E-state index in [1.54, 1.807) is 6.07 Å². The van der Waals surface area contributed by atoms with Gasteiger partial charge in [-0.15, -0.1) is 0 Å². The van der Waals surface area contributed by atoms with Crippen molar-refractivity contribution in [1.82, 2.24) is 0 Å². The molecule has 2 N–H and O–H groups in total. The predicted molar refractivity (Wildman–Crippen MR) is 52.1 cm³/mol. The molecule has 0 atom stereocenters. The summed E-state index contributed by atoms with van der Waals surface area (Å²) in [6.45, 7) is -0.755. The fourth-order valence-corrected chi connectivity index (χ4v) is 2.03. The number of benzene rings is 1. The van der Waals surface area contributed by atoms with Crippen LogP contribution in [0.3, 0.4) is 0 Å². The summed E-state index contributed by atoms with van der Waals surface area (Å²) in [5, 5.41) is 0.0184. The van der Waals surface area contributed by atoms with Crippen molar-refractivity contribution in [3.8, 4) is 0 Å². The summed E-state index contributed by atoms with van der Waals surface area (Å²) in [6.07, 6.45) is 0. The summed E-state index contributed by atoms with van der Waals surface area (Å²) < 4.78 is 26.6. The lowest BCUT2D eigenvalue weighted by molar-refractivity contribution is 0.00532. The smallest absolute Gasteiger partial charge is 0.287 e. The highest BCUT2D eigenvalue weighted by atomic mass is 79.9. The van der Waals surface area contributed by atoms with Crippen molar-refractivity contribution in [2.75, 3.05) is 6.54 Å². The van der Waals surface area contributed by atoms with Crippen molar-refractivity contribution < 1.29 is 8.78 Å². The van der Waals surface area contributed by atoms with Gasteiger partial charge in [0, 0.05) is 4.47 Å². The second-order valence-corrected chi connectivity index (χ2v) is 3.77. The van der Waals surface area contributed by atoms with Crippen molar-refractivity contribution in [3.05, 3.63) is 33.3 Å². The molecule has 0 saturated carbocycles. The van der Waals surface area contributed by atoms with Crippen LogP contribution in [-0.4, -0.2) is 6.54 Å². The molecular weight excluding hydrogens is 263 g/mol. The zero-order chi connectivity index (χ0) is 10.1. The molecule has 5 heteroatoms. The number of halogens is 4. The van der Waals surface area contributed by atoms with Gasteiger partial charge in [-0.2, -0.15) is 8.78 Å². The first-order valence-electron chi connectivity index (χ1n) is 3.51. The average Bonchev–Trinajstić information content (AvgIpc) is 2.03. The highest BCUT2D eigenvalue weighted by Crippen LogP contribution is 2.37. The average molecular weight is 271 g/mol. The summed E-state index contributed by atoms with van der Waals surface area (Å²) >= 11 is 8.63. The lowest BCUT2D eigenvalue weighted by atomic mass is 10.1. The zero-order valence-corrected chi connectivity index (χ0v) is 8.87. The monoisotopic (exact) mass is 269 g/mol. The minimum atomic E-state index is -3.09. The van der Waals surface area contributed by atoms with Gasteiger partial charge in [-0.1, -0.05) is 33.6 Å². The first kappa shape index (κ1) is 10.9. The summed E-state index contributed by atoms with van der Waals surface area (Å²) in [4.78, 5) is 0. The second kappa shape index (κ2) is 3.90. The summed E-state index contributed by atoms with van der Waals surface area (Å²) in [6, 6.07) is 4.50. The molecule has 0 unspecified atom stereocenters. The Morgan fingerprint density at radius 3 is 2.54 bits per heavy atom. The molecule has 0 heterocycles. The van der Waals surface area contributed by atoms with Crippen LogP contribution in [-0.2, 0) is 5.92 Å². The standard InChI is InChI=1S/C8H7BrClF2N/c9-5-2-1-3-6(10)7(5)8(11,12)4-13/h1-3H,4,13H2. The number of alkyl halides is 2. The highest BCUT2D eigenvalue weighted by molar-refractivity contribution is 9.10. The molecule has 0 aliphatic carbocycles. The van der Waals surface area contributed by atoms with Gasteiger partial charge < -0.3 is 5.73 Å². The van der Waals surface area contributed by atoms with Crippen LogP contribution in [0.15, 0.2) is 22.7 Å². The van der Waals surface area contributed by atoms with E-state index in [0.717, 1.165) is 0 Å². The summed E-state index contributed by atoms with van der Waals surface area (Å²) in [7, 11) is 0. The molecule has 0 bridgehead atoms. The molecule has 1 aromatic carbocycles. The number of hydrogen-bond donors (Lipinski definition) is 1. The van der Waals surface area contributed by atoms with Crippen molar-refractivity contribution in [3.63, 3.8) is 0 Å². The van der Waals surface area contributed by atoms with E-state index in [0.29, 0.717) is 0 Å². The molecule has 0 radical (unpaired) electrons. The van der Waals surface area contributed by atoms with E-state index in [9.17, 15) is 8.78 Å². The maximum Gasteiger partial charge on any atom is 0.287 e.